The Kier molecular flexibility index (Phi) is 6.67. The average Bonchev–Trinajstić information content (AvgIpc) is 2.48. The van der Waals surface area contributed by atoms with Crippen LogP contribution in [0.5, 0.6) is 0 Å². The van der Waals surface area contributed by atoms with Crippen molar-refractivity contribution in [3.63, 3.8) is 0 Å². The van der Waals surface area contributed by atoms with Gasteiger partial charge in [0, 0.05) is 39.3 Å². The van der Waals surface area contributed by atoms with Gasteiger partial charge in [0.2, 0.25) is 0 Å². The van der Waals surface area contributed by atoms with Crippen LogP contribution in [0, 0.1) is 0 Å². The highest BCUT2D eigenvalue weighted by atomic mass is 19.4. The van der Waals surface area contributed by atoms with Crippen molar-refractivity contribution in [3.8, 4) is 0 Å². The Bertz CT molecular complexity index is 417. The van der Waals surface area contributed by atoms with E-state index < -0.39 is 12.7 Å². The number of ether oxygens (including phenoxy) is 1. The van der Waals surface area contributed by atoms with E-state index in [1.807, 2.05) is 30.3 Å². The summed E-state index contributed by atoms with van der Waals surface area (Å²) in [6.07, 6.45) is -3.18. The van der Waals surface area contributed by atoms with Gasteiger partial charge in [-0.2, -0.15) is 13.2 Å². The number of alkyl halides is 3. The molecule has 2 rings (SSSR count). The van der Waals surface area contributed by atoms with Crippen LogP contribution >= 0.6 is 0 Å². The summed E-state index contributed by atoms with van der Waals surface area (Å²) < 4.78 is 42.5. The molecule has 1 heterocycles. The van der Waals surface area contributed by atoms with Crippen molar-refractivity contribution in [1.82, 2.24) is 9.80 Å². The molecule has 0 spiro atoms. The predicted octanol–water partition coefficient (Wildman–Crippen LogP) is 2.77. The first-order valence-corrected chi connectivity index (χ1v) is 7.66. The Labute approximate surface area is 129 Å². The Morgan fingerprint density at radius 3 is 2.23 bits per heavy atom. The topological polar surface area (TPSA) is 15.7 Å². The van der Waals surface area contributed by atoms with Gasteiger partial charge >= 0.3 is 6.18 Å². The molecule has 1 saturated heterocycles. The molecule has 0 saturated carbocycles. The summed E-state index contributed by atoms with van der Waals surface area (Å²) in [5.74, 6) is 0. The van der Waals surface area contributed by atoms with Crippen molar-refractivity contribution in [1.29, 1.82) is 0 Å². The average molecular weight is 316 g/mol. The quantitative estimate of drug-likeness (QED) is 0.720. The number of piperazine rings is 1. The molecule has 0 bridgehead atoms. The van der Waals surface area contributed by atoms with Crippen molar-refractivity contribution < 1.29 is 17.9 Å². The number of nitrogens with zero attached hydrogens (tertiary/aromatic N) is 2. The lowest BCUT2D eigenvalue weighted by Crippen LogP contribution is -2.49. The first kappa shape index (κ1) is 17.2. The lowest BCUT2D eigenvalue weighted by molar-refractivity contribution is -0.149. The monoisotopic (exact) mass is 316 g/mol. The molecule has 0 atom stereocenters. The molecule has 3 nitrogen and oxygen atoms in total. The summed E-state index contributed by atoms with van der Waals surface area (Å²) in [6, 6.07) is 10.00. The smallest absolute Gasteiger partial charge is 0.377 e. The van der Waals surface area contributed by atoms with Crippen molar-refractivity contribution in [3.05, 3.63) is 35.9 Å². The number of hydrogen-bond donors (Lipinski definition) is 0. The third-order valence-electron chi connectivity index (χ3n) is 3.74. The van der Waals surface area contributed by atoms with E-state index in [4.69, 9.17) is 4.74 Å². The van der Waals surface area contributed by atoms with Gasteiger partial charge in [0.1, 0.15) is 0 Å². The zero-order valence-corrected chi connectivity index (χ0v) is 12.7. The van der Waals surface area contributed by atoms with Crippen molar-refractivity contribution >= 4 is 0 Å². The van der Waals surface area contributed by atoms with Crippen LogP contribution in [-0.4, -0.2) is 61.9 Å². The van der Waals surface area contributed by atoms with E-state index in [9.17, 15) is 13.2 Å². The normalized spacial score (nSPS) is 17.8. The van der Waals surface area contributed by atoms with Gasteiger partial charge in [0.25, 0.3) is 0 Å². The van der Waals surface area contributed by atoms with Crippen LogP contribution in [0.1, 0.15) is 12.0 Å². The highest BCUT2D eigenvalue weighted by molar-refractivity contribution is 5.13. The van der Waals surface area contributed by atoms with Gasteiger partial charge in [-0.3, -0.25) is 4.90 Å². The molecule has 0 N–H and O–H groups in total. The summed E-state index contributed by atoms with van der Waals surface area (Å²) in [4.78, 5) is 3.68. The second-order valence-corrected chi connectivity index (χ2v) is 5.62. The molecule has 124 valence electrons. The van der Waals surface area contributed by atoms with E-state index in [1.165, 1.54) is 4.90 Å². The van der Waals surface area contributed by atoms with Crippen molar-refractivity contribution in [2.24, 2.45) is 0 Å². The van der Waals surface area contributed by atoms with E-state index in [0.29, 0.717) is 39.4 Å². The molecule has 0 amide bonds. The summed E-state index contributed by atoms with van der Waals surface area (Å²) in [5.41, 5.74) is 1.16. The maximum atomic E-state index is 12.3. The largest absolute Gasteiger partial charge is 0.401 e. The molecule has 0 aromatic heterocycles. The van der Waals surface area contributed by atoms with Gasteiger partial charge in [-0.15, -0.1) is 0 Å². The van der Waals surface area contributed by atoms with E-state index in [-0.39, 0.29) is 0 Å². The van der Waals surface area contributed by atoms with Crippen LogP contribution in [0.4, 0.5) is 13.2 Å². The Morgan fingerprint density at radius 2 is 1.59 bits per heavy atom. The lowest BCUT2D eigenvalue weighted by atomic mass is 10.2. The van der Waals surface area contributed by atoms with Crippen molar-refractivity contribution in [2.75, 3.05) is 45.9 Å². The fourth-order valence-corrected chi connectivity index (χ4v) is 2.58. The van der Waals surface area contributed by atoms with E-state index >= 15 is 0 Å². The molecule has 22 heavy (non-hydrogen) atoms. The zero-order valence-electron chi connectivity index (χ0n) is 12.7. The highest BCUT2D eigenvalue weighted by Crippen LogP contribution is 2.17. The SMILES string of the molecule is FC(F)(F)CN1CCN(CCCOCc2ccccc2)CC1. The Balaban J connectivity index is 1.52. The number of halogens is 3. The fourth-order valence-electron chi connectivity index (χ4n) is 2.58. The minimum absolute atomic E-state index is 0.490. The Hall–Kier alpha value is -1.11. The lowest BCUT2D eigenvalue weighted by Gasteiger charge is -2.34. The molecule has 1 aromatic rings. The van der Waals surface area contributed by atoms with E-state index in [1.54, 1.807) is 0 Å². The molecule has 1 aliphatic heterocycles. The summed E-state index contributed by atoms with van der Waals surface area (Å²) in [7, 11) is 0. The van der Waals surface area contributed by atoms with Gasteiger partial charge < -0.3 is 9.64 Å². The maximum absolute atomic E-state index is 12.3. The minimum atomic E-state index is -4.09. The first-order chi connectivity index (χ1) is 10.5. The van der Waals surface area contributed by atoms with Crippen LogP contribution in [0.15, 0.2) is 30.3 Å². The molecular weight excluding hydrogens is 293 g/mol. The van der Waals surface area contributed by atoms with Crippen LogP contribution in [-0.2, 0) is 11.3 Å². The van der Waals surface area contributed by atoms with Gasteiger partial charge in [-0.05, 0) is 12.0 Å². The molecule has 1 fully saturated rings. The van der Waals surface area contributed by atoms with Crippen LogP contribution < -0.4 is 0 Å². The second-order valence-electron chi connectivity index (χ2n) is 5.62. The molecule has 0 radical (unpaired) electrons. The molecular formula is C16H23F3N2O. The second kappa shape index (κ2) is 8.50. The van der Waals surface area contributed by atoms with Crippen LogP contribution in [0.3, 0.4) is 0 Å². The molecule has 0 aliphatic carbocycles. The number of rotatable bonds is 7. The minimum Gasteiger partial charge on any atom is -0.377 e. The van der Waals surface area contributed by atoms with Gasteiger partial charge in [0.15, 0.2) is 0 Å². The van der Waals surface area contributed by atoms with Gasteiger partial charge in [-0.1, -0.05) is 30.3 Å². The standard InChI is InChI=1S/C16H23F3N2O/c17-16(18,19)14-21-10-8-20(9-11-21)7-4-12-22-13-15-5-2-1-3-6-15/h1-3,5-6H,4,7-14H2. The fraction of sp³-hybridized carbons (Fsp3) is 0.625. The summed E-state index contributed by atoms with van der Waals surface area (Å²) in [5, 5.41) is 0. The third kappa shape index (κ3) is 6.77. The van der Waals surface area contributed by atoms with Crippen molar-refractivity contribution in [2.45, 2.75) is 19.2 Å². The zero-order chi connectivity index (χ0) is 15.8. The van der Waals surface area contributed by atoms with Crippen LogP contribution in [0.25, 0.3) is 0 Å². The molecule has 6 heteroatoms. The number of hydrogen-bond acceptors (Lipinski definition) is 3. The maximum Gasteiger partial charge on any atom is 0.401 e. The van der Waals surface area contributed by atoms with Gasteiger partial charge in [0.05, 0.1) is 13.2 Å². The molecule has 0 unspecified atom stereocenters. The first-order valence-electron chi connectivity index (χ1n) is 7.66. The third-order valence-corrected chi connectivity index (χ3v) is 3.74. The number of benzene rings is 1. The molecule has 1 aliphatic rings. The highest BCUT2D eigenvalue weighted by Gasteiger charge is 2.31. The van der Waals surface area contributed by atoms with E-state index in [0.717, 1.165) is 18.5 Å². The summed E-state index contributed by atoms with van der Waals surface area (Å²) >= 11 is 0. The Morgan fingerprint density at radius 1 is 0.955 bits per heavy atom. The summed E-state index contributed by atoms with van der Waals surface area (Å²) in [6.45, 7) is 3.77. The predicted molar refractivity (Wildman–Crippen MR) is 79.7 cm³/mol. The van der Waals surface area contributed by atoms with Crippen LogP contribution in [0.2, 0.25) is 0 Å². The molecule has 1 aromatic carbocycles. The van der Waals surface area contributed by atoms with Gasteiger partial charge in [-0.25, -0.2) is 0 Å². The van der Waals surface area contributed by atoms with E-state index in [2.05, 4.69) is 4.90 Å².